The van der Waals surface area contributed by atoms with Gasteiger partial charge in [-0.1, -0.05) is 33.1 Å². The van der Waals surface area contributed by atoms with E-state index in [1.54, 1.807) is 0 Å². The Labute approximate surface area is 127 Å². The van der Waals surface area contributed by atoms with Crippen LogP contribution in [0.3, 0.4) is 0 Å². The molecule has 1 aromatic rings. The lowest BCUT2D eigenvalue weighted by Crippen LogP contribution is -2.39. The molecule has 0 saturated heterocycles. The van der Waals surface area contributed by atoms with Gasteiger partial charge in [0.15, 0.2) is 0 Å². The highest BCUT2D eigenvalue weighted by Crippen LogP contribution is 2.43. The Bertz CT molecular complexity index is 495. The summed E-state index contributed by atoms with van der Waals surface area (Å²) in [6.45, 7) is 7.14. The van der Waals surface area contributed by atoms with Gasteiger partial charge in [0.2, 0.25) is 0 Å². The molecule has 1 heterocycles. The van der Waals surface area contributed by atoms with Crippen molar-refractivity contribution in [3.05, 3.63) is 17.5 Å². The van der Waals surface area contributed by atoms with Crippen LogP contribution in [-0.2, 0) is 24.2 Å². The summed E-state index contributed by atoms with van der Waals surface area (Å²) in [5.41, 5.74) is 1.57. The highest BCUT2D eigenvalue weighted by molar-refractivity contribution is 5.75. The molecule has 0 aliphatic heterocycles. The predicted molar refractivity (Wildman–Crippen MR) is 83.3 cm³/mol. The smallest absolute Gasteiger partial charge is 0.310 e. The molecule has 0 spiro atoms. The topological polar surface area (TPSA) is 55.1 Å². The van der Waals surface area contributed by atoms with Gasteiger partial charge in [-0.25, -0.2) is 0 Å². The first-order chi connectivity index (χ1) is 10.0. The van der Waals surface area contributed by atoms with Gasteiger partial charge >= 0.3 is 5.97 Å². The summed E-state index contributed by atoms with van der Waals surface area (Å²) < 4.78 is 1.99. The van der Waals surface area contributed by atoms with Crippen LogP contribution in [0.5, 0.6) is 0 Å². The molecule has 1 fully saturated rings. The molecule has 118 valence electrons. The van der Waals surface area contributed by atoms with Gasteiger partial charge < -0.3 is 5.11 Å². The molecule has 4 nitrogen and oxygen atoms in total. The number of hydrogen-bond donors (Lipinski definition) is 1. The molecule has 1 N–H and O–H groups in total. The Morgan fingerprint density at radius 3 is 2.81 bits per heavy atom. The molecule has 4 heteroatoms. The molecule has 0 aromatic carbocycles. The van der Waals surface area contributed by atoms with Gasteiger partial charge in [0.05, 0.1) is 11.1 Å². The van der Waals surface area contributed by atoms with Crippen molar-refractivity contribution in [3.8, 4) is 0 Å². The predicted octanol–water partition coefficient (Wildman–Crippen LogP) is 3.68. The number of carboxylic acid groups (broad SMARTS) is 1. The van der Waals surface area contributed by atoms with E-state index in [1.165, 1.54) is 6.42 Å². The third-order valence-electron chi connectivity index (χ3n) is 5.07. The summed E-state index contributed by atoms with van der Waals surface area (Å²) in [4.78, 5) is 12.0. The lowest BCUT2D eigenvalue weighted by atomic mass is 9.66. The van der Waals surface area contributed by atoms with Gasteiger partial charge in [0.25, 0.3) is 0 Å². The van der Waals surface area contributed by atoms with Crippen molar-refractivity contribution >= 4 is 5.97 Å². The van der Waals surface area contributed by atoms with Crippen LogP contribution < -0.4 is 0 Å². The number of nitrogens with zero attached hydrogens (tertiary/aromatic N) is 2. The largest absolute Gasteiger partial charge is 0.481 e. The highest BCUT2D eigenvalue weighted by Gasteiger charge is 2.43. The Kier molecular flexibility index (Phi) is 5.07. The van der Waals surface area contributed by atoms with Crippen molar-refractivity contribution in [3.63, 3.8) is 0 Å². The zero-order valence-corrected chi connectivity index (χ0v) is 13.6. The van der Waals surface area contributed by atoms with Crippen LogP contribution in [0.15, 0.2) is 6.07 Å². The highest BCUT2D eigenvalue weighted by atomic mass is 16.4. The molecule has 0 amide bonds. The first-order valence-electron chi connectivity index (χ1n) is 8.33. The number of hydrogen-bond acceptors (Lipinski definition) is 2. The summed E-state index contributed by atoms with van der Waals surface area (Å²) in [6, 6.07) is 2.10. The lowest BCUT2D eigenvalue weighted by Gasteiger charge is -2.37. The van der Waals surface area contributed by atoms with Crippen LogP contribution in [0.1, 0.15) is 64.3 Å². The van der Waals surface area contributed by atoms with Crippen LogP contribution in [0.2, 0.25) is 0 Å². The Morgan fingerprint density at radius 2 is 2.24 bits per heavy atom. The van der Waals surface area contributed by atoms with Crippen molar-refractivity contribution in [2.45, 2.75) is 72.3 Å². The van der Waals surface area contributed by atoms with Gasteiger partial charge in [0.1, 0.15) is 0 Å². The second-order valence-electron chi connectivity index (χ2n) is 6.43. The Morgan fingerprint density at radius 1 is 1.48 bits per heavy atom. The fourth-order valence-corrected chi connectivity index (χ4v) is 3.72. The van der Waals surface area contributed by atoms with Crippen molar-refractivity contribution in [2.24, 2.45) is 11.3 Å². The van der Waals surface area contributed by atoms with E-state index in [0.29, 0.717) is 12.3 Å². The number of carbonyl (C=O) groups is 1. The standard InChI is InChI=1S/C17H28N2O2/c1-4-13-8-7-9-17(11-13,16(20)21)12-15-10-14(5-2)18-19(15)6-3/h10,13H,4-9,11-12H2,1-3H3,(H,20,21). The third-order valence-corrected chi connectivity index (χ3v) is 5.07. The first kappa shape index (κ1) is 16.1. The molecule has 1 saturated carbocycles. The minimum Gasteiger partial charge on any atom is -0.481 e. The Balaban J connectivity index is 2.27. The summed E-state index contributed by atoms with van der Waals surface area (Å²) in [5, 5.41) is 14.4. The maximum atomic E-state index is 12.0. The number of aliphatic carboxylic acids is 1. The maximum absolute atomic E-state index is 12.0. The average Bonchev–Trinajstić information content (AvgIpc) is 2.89. The maximum Gasteiger partial charge on any atom is 0.310 e. The van der Waals surface area contributed by atoms with Crippen LogP contribution in [0.25, 0.3) is 0 Å². The molecular weight excluding hydrogens is 264 g/mol. The quantitative estimate of drug-likeness (QED) is 0.870. The normalized spacial score (nSPS) is 26.0. The summed E-state index contributed by atoms with van der Waals surface area (Å²) in [6.07, 6.45) is 6.44. The van der Waals surface area contributed by atoms with E-state index in [2.05, 4.69) is 31.9 Å². The van der Waals surface area contributed by atoms with Crippen molar-refractivity contribution in [1.29, 1.82) is 0 Å². The molecule has 1 aliphatic carbocycles. The van der Waals surface area contributed by atoms with Gasteiger partial charge in [-0.15, -0.1) is 0 Å². The van der Waals surface area contributed by atoms with Gasteiger partial charge in [-0.2, -0.15) is 5.10 Å². The number of rotatable bonds is 6. The van der Waals surface area contributed by atoms with Crippen molar-refractivity contribution in [2.75, 3.05) is 0 Å². The molecular formula is C17H28N2O2. The number of carboxylic acids is 1. The van der Waals surface area contributed by atoms with E-state index >= 15 is 0 Å². The van der Waals surface area contributed by atoms with Crippen LogP contribution in [-0.4, -0.2) is 20.9 Å². The summed E-state index contributed by atoms with van der Waals surface area (Å²) in [5.74, 6) is -0.0685. The number of aryl methyl sites for hydroxylation is 2. The van der Waals surface area contributed by atoms with Gasteiger partial charge in [0, 0.05) is 18.7 Å². The van der Waals surface area contributed by atoms with Gasteiger partial charge in [-0.05, 0) is 38.2 Å². The molecule has 1 aromatic heterocycles. The lowest BCUT2D eigenvalue weighted by molar-refractivity contribution is -0.152. The fraction of sp³-hybridized carbons (Fsp3) is 0.765. The van der Waals surface area contributed by atoms with E-state index in [9.17, 15) is 9.90 Å². The van der Waals surface area contributed by atoms with Crippen LogP contribution >= 0.6 is 0 Å². The van der Waals surface area contributed by atoms with Gasteiger partial charge in [-0.3, -0.25) is 9.48 Å². The van der Waals surface area contributed by atoms with Crippen molar-refractivity contribution < 1.29 is 9.90 Å². The van der Waals surface area contributed by atoms with E-state index in [0.717, 1.165) is 50.0 Å². The number of aromatic nitrogens is 2. The fourth-order valence-electron chi connectivity index (χ4n) is 3.72. The second-order valence-corrected chi connectivity index (χ2v) is 6.43. The molecule has 2 atom stereocenters. The SMILES string of the molecule is CCc1cc(CC2(C(=O)O)CCCC(CC)C2)n(CC)n1. The minimum absolute atomic E-state index is 0.554. The monoisotopic (exact) mass is 292 g/mol. The molecule has 1 aliphatic rings. The minimum atomic E-state index is -0.623. The molecule has 2 rings (SSSR count). The van der Waals surface area contributed by atoms with Crippen molar-refractivity contribution in [1.82, 2.24) is 9.78 Å². The zero-order valence-electron chi connectivity index (χ0n) is 13.6. The summed E-state index contributed by atoms with van der Waals surface area (Å²) >= 11 is 0. The second kappa shape index (κ2) is 6.63. The zero-order chi connectivity index (χ0) is 15.5. The Hall–Kier alpha value is -1.32. The van der Waals surface area contributed by atoms with E-state index in [4.69, 9.17) is 0 Å². The molecule has 21 heavy (non-hydrogen) atoms. The molecule has 2 unspecified atom stereocenters. The third kappa shape index (κ3) is 3.30. The molecule has 0 radical (unpaired) electrons. The van der Waals surface area contributed by atoms with E-state index in [1.807, 2.05) is 4.68 Å². The summed E-state index contributed by atoms with van der Waals surface area (Å²) in [7, 11) is 0. The van der Waals surface area contributed by atoms with Crippen LogP contribution in [0, 0.1) is 11.3 Å². The average molecular weight is 292 g/mol. The molecule has 0 bridgehead atoms. The van der Waals surface area contributed by atoms with E-state index in [-0.39, 0.29) is 0 Å². The first-order valence-corrected chi connectivity index (χ1v) is 8.33. The van der Waals surface area contributed by atoms with Crippen LogP contribution in [0.4, 0.5) is 0 Å². The van der Waals surface area contributed by atoms with E-state index < -0.39 is 11.4 Å².